The van der Waals surface area contributed by atoms with Gasteiger partial charge in [0.25, 0.3) is 5.89 Å². The van der Waals surface area contributed by atoms with Gasteiger partial charge in [-0.05, 0) is 37.4 Å². The van der Waals surface area contributed by atoms with E-state index < -0.39 is 21.2 Å². The summed E-state index contributed by atoms with van der Waals surface area (Å²) in [5, 5.41) is 16.6. The Morgan fingerprint density at radius 2 is 2.03 bits per heavy atom. The van der Waals surface area contributed by atoms with E-state index >= 15 is 0 Å². The fourth-order valence-corrected chi connectivity index (χ4v) is 5.34. The number of sulfone groups is 1. The summed E-state index contributed by atoms with van der Waals surface area (Å²) in [6.07, 6.45) is 1.31. The molecule has 1 saturated heterocycles. The van der Waals surface area contributed by atoms with Crippen LogP contribution in [0.15, 0.2) is 28.8 Å². The first-order valence-corrected chi connectivity index (χ1v) is 12.9. The van der Waals surface area contributed by atoms with E-state index in [0.717, 1.165) is 6.42 Å². The van der Waals surface area contributed by atoms with E-state index in [9.17, 15) is 18.3 Å². The van der Waals surface area contributed by atoms with Crippen molar-refractivity contribution in [2.45, 2.75) is 50.3 Å². The third kappa shape index (κ3) is 6.47. The van der Waals surface area contributed by atoms with E-state index in [-0.39, 0.29) is 48.8 Å². The maximum absolute atomic E-state index is 12.3. The summed E-state index contributed by atoms with van der Waals surface area (Å²) in [5.74, 6) is 0.748. The lowest BCUT2D eigenvalue weighted by molar-refractivity contribution is 0.198. The van der Waals surface area contributed by atoms with Gasteiger partial charge in [-0.3, -0.25) is 4.90 Å². The van der Waals surface area contributed by atoms with Crippen molar-refractivity contribution in [2.75, 3.05) is 30.8 Å². The molecule has 1 aliphatic heterocycles. The standard InChI is InChI=1S/C22H33N5O5S.ClH/c1-22(2,3)20-25-19(32-26-20)15-7-5-6-8-17(15)27(21(28)29)13-14-9-10-24-16(11-14)18(12-23)33(4,30)31;/h5-8,14,16,18,24H,9-13,23H2,1-4H3,(H,28,29);1H. The van der Waals surface area contributed by atoms with Crippen LogP contribution in [-0.2, 0) is 15.3 Å². The van der Waals surface area contributed by atoms with Crippen LogP contribution in [0.3, 0.4) is 0 Å². The SMILES string of the molecule is CC(C)(C)c1noc(-c2ccccc2N(CC2CCNC(C(CN)S(C)(=O)=O)C2)C(=O)O)n1.Cl. The van der Waals surface area contributed by atoms with Gasteiger partial charge >= 0.3 is 6.09 Å². The van der Waals surface area contributed by atoms with Crippen LogP contribution in [0.25, 0.3) is 11.5 Å². The second-order valence-corrected chi connectivity index (χ2v) is 11.9. The lowest BCUT2D eigenvalue weighted by atomic mass is 9.90. The highest BCUT2D eigenvalue weighted by atomic mass is 35.5. The van der Waals surface area contributed by atoms with Crippen molar-refractivity contribution in [3.63, 3.8) is 0 Å². The number of carbonyl (C=O) groups is 1. The van der Waals surface area contributed by atoms with Crippen LogP contribution in [-0.4, -0.2) is 66.9 Å². The largest absolute Gasteiger partial charge is 0.465 e. The number of anilines is 1. The summed E-state index contributed by atoms with van der Waals surface area (Å²) in [4.78, 5) is 18.0. The van der Waals surface area contributed by atoms with Crippen molar-refractivity contribution < 1.29 is 22.8 Å². The summed E-state index contributed by atoms with van der Waals surface area (Å²) >= 11 is 0. The van der Waals surface area contributed by atoms with Gasteiger partial charge in [0.05, 0.1) is 16.5 Å². The summed E-state index contributed by atoms with van der Waals surface area (Å²) in [7, 11) is -3.33. The van der Waals surface area contributed by atoms with Crippen molar-refractivity contribution in [2.24, 2.45) is 11.7 Å². The Balaban J connectivity index is 0.00000408. The number of hydrogen-bond donors (Lipinski definition) is 3. The van der Waals surface area contributed by atoms with Crippen molar-refractivity contribution in [1.82, 2.24) is 15.5 Å². The van der Waals surface area contributed by atoms with Crippen molar-refractivity contribution in [3.05, 3.63) is 30.1 Å². The summed E-state index contributed by atoms with van der Waals surface area (Å²) in [5.41, 5.74) is 6.41. The molecule has 3 rings (SSSR count). The molecule has 12 heteroatoms. The number of benzene rings is 1. The zero-order valence-electron chi connectivity index (χ0n) is 19.9. The molecule has 1 aromatic heterocycles. The normalized spacial score (nSPS) is 19.8. The number of para-hydroxylation sites is 1. The minimum Gasteiger partial charge on any atom is -0.465 e. The van der Waals surface area contributed by atoms with Gasteiger partial charge < -0.3 is 20.7 Å². The molecular formula is C22H34ClN5O5S. The van der Waals surface area contributed by atoms with Gasteiger partial charge in [-0.25, -0.2) is 13.2 Å². The average Bonchev–Trinajstić information content (AvgIpc) is 3.22. The van der Waals surface area contributed by atoms with Gasteiger partial charge in [0.15, 0.2) is 15.7 Å². The van der Waals surface area contributed by atoms with Crippen molar-refractivity contribution >= 4 is 34.0 Å². The van der Waals surface area contributed by atoms with Gasteiger partial charge in [0, 0.05) is 30.8 Å². The molecule has 34 heavy (non-hydrogen) atoms. The Kier molecular flexibility index (Phi) is 9.09. The number of carboxylic acid groups (broad SMARTS) is 1. The monoisotopic (exact) mass is 515 g/mol. The maximum atomic E-state index is 12.3. The summed E-state index contributed by atoms with van der Waals surface area (Å²) in [6.45, 7) is 6.73. The zero-order chi connectivity index (χ0) is 24.4. The van der Waals surface area contributed by atoms with Gasteiger partial charge in [-0.15, -0.1) is 12.4 Å². The van der Waals surface area contributed by atoms with Crippen LogP contribution in [0.1, 0.15) is 39.4 Å². The lowest BCUT2D eigenvalue weighted by Crippen LogP contribution is -2.53. The van der Waals surface area contributed by atoms with E-state index in [1.807, 2.05) is 20.8 Å². The lowest BCUT2D eigenvalue weighted by Gasteiger charge is -2.36. The fraction of sp³-hybridized carbons (Fsp3) is 0.591. The fourth-order valence-electron chi connectivity index (χ4n) is 4.18. The number of amides is 1. The number of aromatic nitrogens is 2. The third-order valence-electron chi connectivity index (χ3n) is 5.97. The molecule has 10 nitrogen and oxygen atoms in total. The highest BCUT2D eigenvalue weighted by Crippen LogP contribution is 2.33. The van der Waals surface area contributed by atoms with Crippen LogP contribution < -0.4 is 16.0 Å². The highest BCUT2D eigenvalue weighted by Gasteiger charge is 2.35. The summed E-state index contributed by atoms with van der Waals surface area (Å²) < 4.78 is 29.8. The molecule has 190 valence electrons. The molecule has 0 radical (unpaired) electrons. The average molecular weight is 516 g/mol. The van der Waals surface area contributed by atoms with Gasteiger partial charge in [-0.2, -0.15) is 4.98 Å². The maximum Gasteiger partial charge on any atom is 0.411 e. The molecule has 0 spiro atoms. The Labute approximate surface area is 206 Å². The molecule has 1 aromatic carbocycles. The van der Waals surface area contributed by atoms with E-state index in [0.29, 0.717) is 30.0 Å². The van der Waals surface area contributed by atoms with Gasteiger partial charge in [0.1, 0.15) is 0 Å². The molecular weight excluding hydrogens is 482 g/mol. The van der Waals surface area contributed by atoms with Crippen LogP contribution in [0.4, 0.5) is 10.5 Å². The molecule has 0 aliphatic carbocycles. The minimum atomic E-state index is -3.33. The predicted molar refractivity (Wildman–Crippen MR) is 133 cm³/mol. The van der Waals surface area contributed by atoms with Crippen LogP contribution >= 0.6 is 12.4 Å². The first kappa shape index (κ1) is 28.0. The Morgan fingerprint density at radius 1 is 1.35 bits per heavy atom. The first-order valence-electron chi connectivity index (χ1n) is 11.0. The molecule has 3 atom stereocenters. The van der Waals surface area contributed by atoms with E-state index in [1.54, 1.807) is 24.3 Å². The number of halogens is 1. The second-order valence-electron chi connectivity index (χ2n) is 9.64. The number of rotatable bonds is 7. The van der Waals surface area contributed by atoms with E-state index in [2.05, 4.69) is 15.5 Å². The number of nitrogens with two attached hydrogens (primary N) is 1. The predicted octanol–water partition coefficient (Wildman–Crippen LogP) is 2.68. The molecule has 2 heterocycles. The van der Waals surface area contributed by atoms with Crippen molar-refractivity contribution in [3.8, 4) is 11.5 Å². The Morgan fingerprint density at radius 3 is 2.59 bits per heavy atom. The molecule has 2 aromatic rings. The number of nitrogens with zero attached hydrogens (tertiary/aromatic N) is 3. The zero-order valence-corrected chi connectivity index (χ0v) is 21.5. The van der Waals surface area contributed by atoms with Crippen LogP contribution in [0, 0.1) is 5.92 Å². The minimum absolute atomic E-state index is 0. The van der Waals surface area contributed by atoms with Gasteiger partial charge in [0.2, 0.25) is 0 Å². The van der Waals surface area contributed by atoms with E-state index in [1.165, 1.54) is 11.2 Å². The van der Waals surface area contributed by atoms with Crippen LogP contribution in [0.2, 0.25) is 0 Å². The van der Waals surface area contributed by atoms with E-state index in [4.69, 9.17) is 10.3 Å². The van der Waals surface area contributed by atoms with Crippen LogP contribution in [0.5, 0.6) is 0 Å². The quantitative estimate of drug-likeness (QED) is 0.505. The second kappa shape index (κ2) is 11.0. The third-order valence-corrected chi connectivity index (χ3v) is 7.59. The first-order chi connectivity index (χ1) is 15.4. The molecule has 4 N–H and O–H groups in total. The number of piperidine rings is 1. The molecule has 1 amide bonds. The molecule has 0 bridgehead atoms. The van der Waals surface area contributed by atoms with Gasteiger partial charge in [-0.1, -0.05) is 38.1 Å². The molecule has 3 unspecified atom stereocenters. The topological polar surface area (TPSA) is 152 Å². The molecule has 1 fully saturated rings. The Hall–Kier alpha value is -2.21. The Bertz CT molecular complexity index is 1090. The number of nitrogens with one attached hydrogen (secondary N) is 1. The summed E-state index contributed by atoms with van der Waals surface area (Å²) in [6, 6.07) is 6.69. The smallest absolute Gasteiger partial charge is 0.411 e. The molecule has 0 saturated carbocycles. The highest BCUT2D eigenvalue weighted by molar-refractivity contribution is 7.91. The van der Waals surface area contributed by atoms with Crippen molar-refractivity contribution in [1.29, 1.82) is 0 Å². The number of hydrogen-bond acceptors (Lipinski definition) is 8. The molecule has 1 aliphatic rings.